The number of likely N-dealkylation sites (tertiary alicyclic amines) is 1. The Balaban J connectivity index is 1.44. The predicted octanol–water partition coefficient (Wildman–Crippen LogP) is 5.11. The first-order chi connectivity index (χ1) is 14.2. The fourth-order valence-corrected chi connectivity index (χ4v) is 4.01. The maximum Gasteiger partial charge on any atom is 0.223 e. The summed E-state index contributed by atoms with van der Waals surface area (Å²) in [6.07, 6.45) is 3.90. The molecular formula is C25H25FN2O. The molecule has 4 heteroatoms. The molecule has 3 aromatic rings. The molecular weight excluding hydrogens is 363 g/mol. The number of hydrogen-bond acceptors (Lipinski definition) is 2. The molecule has 1 saturated heterocycles. The zero-order valence-corrected chi connectivity index (χ0v) is 16.4. The lowest BCUT2D eigenvalue weighted by atomic mass is 10.1. The molecule has 4 rings (SSSR count). The summed E-state index contributed by atoms with van der Waals surface area (Å²) in [6.45, 7) is 0.794. The first kappa shape index (κ1) is 19.3. The molecule has 3 nitrogen and oxygen atoms in total. The zero-order chi connectivity index (χ0) is 20.1. The second kappa shape index (κ2) is 8.99. The van der Waals surface area contributed by atoms with Crippen LogP contribution in [-0.4, -0.2) is 22.3 Å². The molecule has 148 valence electrons. The first-order valence-corrected chi connectivity index (χ1v) is 10.2. The van der Waals surface area contributed by atoms with E-state index in [0.29, 0.717) is 12.8 Å². The highest BCUT2D eigenvalue weighted by Gasteiger charge is 2.30. The minimum atomic E-state index is -0.230. The van der Waals surface area contributed by atoms with Gasteiger partial charge in [0.25, 0.3) is 0 Å². The monoisotopic (exact) mass is 388 g/mol. The van der Waals surface area contributed by atoms with E-state index < -0.39 is 0 Å². The first-order valence-electron chi connectivity index (χ1n) is 10.2. The van der Waals surface area contributed by atoms with Crippen molar-refractivity contribution in [2.24, 2.45) is 0 Å². The number of carbonyl (C=O) groups excluding carboxylic acids is 1. The smallest absolute Gasteiger partial charge is 0.223 e. The summed E-state index contributed by atoms with van der Waals surface area (Å²) >= 11 is 0. The lowest BCUT2D eigenvalue weighted by Gasteiger charge is -2.25. The van der Waals surface area contributed by atoms with E-state index in [1.807, 2.05) is 41.3 Å². The number of pyridine rings is 1. The molecule has 1 amide bonds. The number of aromatic nitrogens is 1. The molecule has 0 radical (unpaired) electrons. The Morgan fingerprint density at radius 1 is 0.966 bits per heavy atom. The van der Waals surface area contributed by atoms with Gasteiger partial charge < -0.3 is 4.90 Å². The van der Waals surface area contributed by atoms with Gasteiger partial charge in [0, 0.05) is 25.1 Å². The van der Waals surface area contributed by atoms with Crippen molar-refractivity contribution in [1.29, 1.82) is 0 Å². The Bertz CT molecular complexity index is 956. The maximum absolute atomic E-state index is 13.1. The maximum atomic E-state index is 13.1. The molecule has 0 N–H and O–H groups in total. The van der Waals surface area contributed by atoms with Crippen LogP contribution in [0, 0.1) is 5.82 Å². The van der Waals surface area contributed by atoms with E-state index in [-0.39, 0.29) is 17.8 Å². The Hall–Kier alpha value is -3.01. The van der Waals surface area contributed by atoms with Gasteiger partial charge in [0.2, 0.25) is 5.91 Å². The molecule has 1 atom stereocenters. The van der Waals surface area contributed by atoms with Crippen LogP contribution in [0.4, 0.5) is 4.39 Å². The fraction of sp³-hybridized carbons (Fsp3) is 0.280. The van der Waals surface area contributed by atoms with Gasteiger partial charge >= 0.3 is 0 Å². The molecule has 0 bridgehead atoms. The lowest BCUT2D eigenvalue weighted by Crippen LogP contribution is -2.31. The molecule has 0 unspecified atom stereocenters. The van der Waals surface area contributed by atoms with Crippen molar-refractivity contribution < 1.29 is 9.18 Å². The summed E-state index contributed by atoms with van der Waals surface area (Å²) in [5.74, 6) is -0.0341. The van der Waals surface area contributed by atoms with Crippen molar-refractivity contribution >= 4 is 5.91 Å². The van der Waals surface area contributed by atoms with Crippen LogP contribution in [0.25, 0.3) is 0 Å². The van der Waals surface area contributed by atoms with Crippen molar-refractivity contribution in [2.75, 3.05) is 6.54 Å². The van der Waals surface area contributed by atoms with E-state index in [1.54, 1.807) is 12.1 Å². The second-order valence-corrected chi connectivity index (χ2v) is 7.59. The van der Waals surface area contributed by atoms with Crippen molar-refractivity contribution in [3.8, 4) is 0 Å². The van der Waals surface area contributed by atoms with Crippen LogP contribution in [0.5, 0.6) is 0 Å². The minimum Gasteiger partial charge on any atom is -0.334 e. The van der Waals surface area contributed by atoms with Crippen LogP contribution in [0.15, 0.2) is 72.8 Å². The Morgan fingerprint density at radius 3 is 2.55 bits per heavy atom. The van der Waals surface area contributed by atoms with Gasteiger partial charge in [-0.3, -0.25) is 9.78 Å². The van der Waals surface area contributed by atoms with Gasteiger partial charge in [-0.1, -0.05) is 48.5 Å². The van der Waals surface area contributed by atoms with E-state index in [1.165, 1.54) is 17.7 Å². The van der Waals surface area contributed by atoms with Crippen LogP contribution in [0.1, 0.15) is 47.8 Å². The zero-order valence-electron chi connectivity index (χ0n) is 16.4. The average molecular weight is 388 g/mol. The average Bonchev–Trinajstić information content (AvgIpc) is 3.25. The third kappa shape index (κ3) is 4.89. The quantitative estimate of drug-likeness (QED) is 0.588. The van der Waals surface area contributed by atoms with Gasteiger partial charge in [-0.05, 0) is 54.7 Å². The Labute approximate surface area is 171 Å². The summed E-state index contributed by atoms with van der Waals surface area (Å²) in [7, 11) is 0. The van der Waals surface area contributed by atoms with Crippen LogP contribution >= 0.6 is 0 Å². The number of hydrogen-bond donors (Lipinski definition) is 0. The lowest BCUT2D eigenvalue weighted by molar-refractivity contribution is -0.132. The summed E-state index contributed by atoms with van der Waals surface area (Å²) < 4.78 is 13.1. The number of aryl methyl sites for hydroxylation is 1. The molecule has 0 aliphatic carbocycles. The molecule has 1 aromatic heterocycles. The van der Waals surface area contributed by atoms with Gasteiger partial charge in [-0.25, -0.2) is 4.39 Å². The largest absolute Gasteiger partial charge is 0.334 e. The molecule has 0 spiro atoms. The highest BCUT2D eigenvalue weighted by Crippen LogP contribution is 2.31. The second-order valence-electron chi connectivity index (χ2n) is 7.59. The third-order valence-electron chi connectivity index (χ3n) is 5.51. The van der Waals surface area contributed by atoms with Crippen LogP contribution in [-0.2, 0) is 17.6 Å². The summed E-state index contributed by atoms with van der Waals surface area (Å²) in [4.78, 5) is 19.7. The van der Waals surface area contributed by atoms with E-state index in [9.17, 15) is 9.18 Å². The van der Waals surface area contributed by atoms with E-state index in [4.69, 9.17) is 4.98 Å². The Kier molecular flexibility index (Phi) is 5.99. The van der Waals surface area contributed by atoms with Gasteiger partial charge in [-0.15, -0.1) is 0 Å². The molecule has 1 aliphatic heterocycles. The molecule has 0 saturated carbocycles. The topological polar surface area (TPSA) is 33.2 Å². The summed E-state index contributed by atoms with van der Waals surface area (Å²) in [5, 5.41) is 0. The van der Waals surface area contributed by atoms with Gasteiger partial charge in [-0.2, -0.15) is 0 Å². The van der Waals surface area contributed by atoms with E-state index >= 15 is 0 Å². The highest BCUT2D eigenvalue weighted by molar-refractivity contribution is 5.77. The summed E-state index contributed by atoms with van der Waals surface area (Å²) in [5.41, 5.74) is 4.11. The number of rotatable bonds is 6. The van der Waals surface area contributed by atoms with Crippen LogP contribution < -0.4 is 0 Å². The molecule has 2 aromatic carbocycles. The van der Waals surface area contributed by atoms with Crippen molar-refractivity contribution in [2.45, 2.75) is 38.1 Å². The number of benzene rings is 2. The standard InChI is InChI=1S/C25H25FN2O/c26-21-14-11-20(12-15-21)18-22-8-4-9-23(27-22)24-10-5-17-28(24)25(29)16-13-19-6-2-1-3-7-19/h1-4,6-9,11-12,14-15,24H,5,10,13,16-18H2/t24-/m1/s1. The fourth-order valence-electron chi connectivity index (χ4n) is 4.01. The number of carbonyl (C=O) groups is 1. The van der Waals surface area contributed by atoms with E-state index in [2.05, 4.69) is 12.1 Å². The normalized spacial score (nSPS) is 16.2. The SMILES string of the molecule is O=C(CCc1ccccc1)N1CCC[C@@H]1c1cccc(Cc2ccc(F)cc2)n1. The van der Waals surface area contributed by atoms with Crippen molar-refractivity contribution in [3.05, 3.63) is 101 Å². The number of halogens is 1. The van der Waals surface area contributed by atoms with Crippen LogP contribution in [0.3, 0.4) is 0 Å². The van der Waals surface area contributed by atoms with Crippen molar-refractivity contribution in [3.63, 3.8) is 0 Å². The molecule has 2 heterocycles. The van der Waals surface area contributed by atoms with Gasteiger partial charge in [0.15, 0.2) is 0 Å². The number of nitrogens with zero attached hydrogens (tertiary/aromatic N) is 2. The van der Waals surface area contributed by atoms with E-state index in [0.717, 1.165) is 42.8 Å². The van der Waals surface area contributed by atoms with Crippen LogP contribution in [0.2, 0.25) is 0 Å². The third-order valence-corrected chi connectivity index (χ3v) is 5.51. The number of amides is 1. The van der Waals surface area contributed by atoms with Gasteiger partial charge in [0.1, 0.15) is 5.82 Å². The molecule has 1 aliphatic rings. The predicted molar refractivity (Wildman–Crippen MR) is 112 cm³/mol. The molecule has 29 heavy (non-hydrogen) atoms. The highest BCUT2D eigenvalue weighted by atomic mass is 19.1. The molecule has 1 fully saturated rings. The van der Waals surface area contributed by atoms with Gasteiger partial charge in [0.05, 0.1) is 11.7 Å². The summed E-state index contributed by atoms with van der Waals surface area (Å²) in [6, 6.07) is 22.7. The minimum absolute atomic E-state index is 0.0476. The van der Waals surface area contributed by atoms with Crippen molar-refractivity contribution in [1.82, 2.24) is 9.88 Å². The Morgan fingerprint density at radius 2 is 1.76 bits per heavy atom.